The van der Waals surface area contributed by atoms with Crippen molar-refractivity contribution in [2.75, 3.05) is 39.8 Å². The first kappa shape index (κ1) is 19.9. The van der Waals surface area contributed by atoms with Crippen molar-refractivity contribution in [2.24, 2.45) is 0 Å². The number of hydrogen-bond acceptors (Lipinski definition) is 4. The number of ether oxygens (including phenoxy) is 1. The molecule has 29 heavy (non-hydrogen) atoms. The largest absolute Gasteiger partial charge is 0.494 e. The number of aromatic nitrogens is 2. The smallest absolute Gasteiger partial charge is 0.124 e. The van der Waals surface area contributed by atoms with Crippen molar-refractivity contribution >= 4 is 11.0 Å². The predicted octanol–water partition coefficient (Wildman–Crippen LogP) is 3.95. The summed E-state index contributed by atoms with van der Waals surface area (Å²) in [6.07, 6.45) is 2.12. The molecule has 0 amide bonds. The summed E-state index contributed by atoms with van der Waals surface area (Å²) in [4.78, 5) is 9.88. The van der Waals surface area contributed by atoms with Gasteiger partial charge in [-0.3, -0.25) is 4.90 Å². The maximum Gasteiger partial charge on any atom is 0.124 e. The second-order valence-corrected chi connectivity index (χ2v) is 8.12. The summed E-state index contributed by atoms with van der Waals surface area (Å²) in [5.41, 5.74) is 3.59. The molecule has 4 rings (SSSR count). The lowest BCUT2D eigenvalue weighted by molar-refractivity contribution is 0.144. The zero-order valence-electron chi connectivity index (χ0n) is 17.7. The molecule has 0 unspecified atom stereocenters. The van der Waals surface area contributed by atoms with Crippen molar-refractivity contribution in [1.29, 1.82) is 0 Å². The summed E-state index contributed by atoms with van der Waals surface area (Å²) in [7, 11) is 2.20. The fraction of sp³-hybridized carbons (Fsp3) is 0.458. The number of rotatable bonds is 8. The van der Waals surface area contributed by atoms with Gasteiger partial charge < -0.3 is 14.2 Å². The van der Waals surface area contributed by atoms with Gasteiger partial charge in [-0.2, -0.15) is 0 Å². The minimum absolute atomic E-state index is 0.754. The summed E-state index contributed by atoms with van der Waals surface area (Å²) in [5.74, 6) is 2.16. The van der Waals surface area contributed by atoms with Crippen molar-refractivity contribution in [3.8, 4) is 5.75 Å². The van der Waals surface area contributed by atoms with Gasteiger partial charge in [-0.1, -0.05) is 24.3 Å². The Labute approximate surface area is 173 Å². The zero-order chi connectivity index (χ0) is 20.1. The van der Waals surface area contributed by atoms with Crippen molar-refractivity contribution in [2.45, 2.75) is 32.9 Å². The molecule has 0 atom stereocenters. The molecule has 3 aromatic rings. The molecule has 1 fully saturated rings. The minimum Gasteiger partial charge on any atom is -0.494 e. The van der Waals surface area contributed by atoms with E-state index in [1.54, 1.807) is 0 Å². The molecule has 1 aliphatic heterocycles. The molecule has 1 saturated heterocycles. The molecule has 0 radical (unpaired) electrons. The van der Waals surface area contributed by atoms with E-state index in [0.717, 1.165) is 70.0 Å². The Morgan fingerprint density at radius 3 is 2.62 bits per heavy atom. The minimum atomic E-state index is 0.754. The Morgan fingerprint density at radius 1 is 0.966 bits per heavy atom. The Bertz CT molecular complexity index is 928. The van der Waals surface area contributed by atoms with Crippen LogP contribution in [0.5, 0.6) is 5.75 Å². The van der Waals surface area contributed by atoms with E-state index in [-0.39, 0.29) is 0 Å². The Kier molecular flexibility index (Phi) is 6.47. The number of unbranched alkanes of at least 4 members (excludes halogenated alkanes) is 1. The standard InChI is InChI=1S/C24H32N4O/c1-20-8-7-9-21(18-20)29-17-6-5-12-28-23-11-4-3-10-22(23)25-24(28)19-27-15-13-26(2)14-16-27/h3-4,7-11,18H,5-6,12-17,19H2,1-2H3. The molecule has 5 heteroatoms. The third-order valence-electron chi connectivity index (χ3n) is 5.73. The molecule has 2 aromatic carbocycles. The first-order chi connectivity index (χ1) is 14.2. The summed E-state index contributed by atoms with van der Waals surface area (Å²) in [6, 6.07) is 16.8. The van der Waals surface area contributed by atoms with Crippen LogP contribution in [0.2, 0.25) is 0 Å². The number of para-hydroxylation sites is 2. The maximum atomic E-state index is 5.92. The number of benzene rings is 2. The van der Waals surface area contributed by atoms with E-state index < -0.39 is 0 Å². The average Bonchev–Trinajstić information content (AvgIpc) is 3.07. The molecule has 1 aromatic heterocycles. The topological polar surface area (TPSA) is 33.5 Å². The Morgan fingerprint density at radius 2 is 1.79 bits per heavy atom. The third kappa shape index (κ3) is 5.17. The molecule has 0 aliphatic carbocycles. The number of likely N-dealkylation sites (N-methyl/N-ethyl adjacent to an activating group) is 1. The van der Waals surface area contributed by atoms with Gasteiger partial charge in [0.25, 0.3) is 0 Å². The first-order valence-electron chi connectivity index (χ1n) is 10.7. The van der Waals surface area contributed by atoms with E-state index in [0.29, 0.717) is 0 Å². The number of fused-ring (bicyclic) bond motifs is 1. The van der Waals surface area contributed by atoms with Gasteiger partial charge in [-0.15, -0.1) is 0 Å². The molecule has 0 bridgehead atoms. The highest BCUT2D eigenvalue weighted by atomic mass is 16.5. The molecule has 154 valence electrons. The molecule has 1 aliphatic rings. The van der Waals surface area contributed by atoms with Gasteiger partial charge >= 0.3 is 0 Å². The number of nitrogens with zero attached hydrogens (tertiary/aromatic N) is 4. The lowest BCUT2D eigenvalue weighted by Gasteiger charge is -2.32. The van der Waals surface area contributed by atoms with Crippen LogP contribution in [0.4, 0.5) is 0 Å². The highest BCUT2D eigenvalue weighted by Gasteiger charge is 2.18. The number of piperazine rings is 1. The van der Waals surface area contributed by atoms with Gasteiger partial charge in [0, 0.05) is 32.7 Å². The van der Waals surface area contributed by atoms with Crippen LogP contribution in [0.3, 0.4) is 0 Å². The third-order valence-corrected chi connectivity index (χ3v) is 5.73. The van der Waals surface area contributed by atoms with Gasteiger partial charge in [-0.05, 0) is 56.6 Å². The second kappa shape index (κ2) is 9.42. The van der Waals surface area contributed by atoms with E-state index in [2.05, 4.69) is 64.7 Å². The lowest BCUT2D eigenvalue weighted by Crippen LogP contribution is -2.44. The molecular weight excluding hydrogens is 360 g/mol. The molecule has 2 heterocycles. The summed E-state index contributed by atoms with van der Waals surface area (Å²) in [6.45, 7) is 9.27. The summed E-state index contributed by atoms with van der Waals surface area (Å²) >= 11 is 0. The molecule has 0 saturated carbocycles. The van der Waals surface area contributed by atoms with E-state index in [1.165, 1.54) is 16.9 Å². The van der Waals surface area contributed by atoms with E-state index in [1.807, 2.05) is 12.1 Å². The fourth-order valence-corrected chi connectivity index (χ4v) is 3.97. The number of hydrogen-bond donors (Lipinski definition) is 0. The molecule has 5 nitrogen and oxygen atoms in total. The van der Waals surface area contributed by atoms with E-state index in [4.69, 9.17) is 9.72 Å². The van der Waals surface area contributed by atoms with Crippen LogP contribution in [0, 0.1) is 6.92 Å². The van der Waals surface area contributed by atoms with Gasteiger partial charge in [0.05, 0.1) is 24.2 Å². The molecule has 0 spiro atoms. The average molecular weight is 393 g/mol. The Balaban J connectivity index is 1.36. The summed E-state index contributed by atoms with van der Waals surface area (Å²) in [5, 5.41) is 0. The predicted molar refractivity (Wildman–Crippen MR) is 118 cm³/mol. The van der Waals surface area contributed by atoms with Crippen molar-refractivity contribution in [3.63, 3.8) is 0 Å². The Hall–Kier alpha value is -2.37. The highest BCUT2D eigenvalue weighted by molar-refractivity contribution is 5.75. The van der Waals surface area contributed by atoms with Crippen LogP contribution >= 0.6 is 0 Å². The maximum absolute atomic E-state index is 5.92. The number of aryl methyl sites for hydroxylation is 2. The van der Waals surface area contributed by atoms with Gasteiger partial charge in [0.2, 0.25) is 0 Å². The van der Waals surface area contributed by atoms with Gasteiger partial charge in [0.15, 0.2) is 0 Å². The molecular formula is C24H32N4O. The first-order valence-corrected chi connectivity index (χ1v) is 10.7. The zero-order valence-corrected chi connectivity index (χ0v) is 17.7. The normalized spacial score (nSPS) is 15.8. The quantitative estimate of drug-likeness (QED) is 0.544. The van der Waals surface area contributed by atoms with Crippen LogP contribution < -0.4 is 4.74 Å². The van der Waals surface area contributed by atoms with Crippen molar-refractivity contribution in [3.05, 3.63) is 59.9 Å². The fourth-order valence-electron chi connectivity index (χ4n) is 3.97. The monoisotopic (exact) mass is 392 g/mol. The van der Waals surface area contributed by atoms with Crippen molar-refractivity contribution in [1.82, 2.24) is 19.4 Å². The highest BCUT2D eigenvalue weighted by Crippen LogP contribution is 2.19. The van der Waals surface area contributed by atoms with E-state index >= 15 is 0 Å². The number of imidazole rings is 1. The van der Waals surface area contributed by atoms with Gasteiger partial charge in [-0.25, -0.2) is 4.98 Å². The van der Waals surface area contributed by atoms with E-state index in [9.17, 15) is 0 Å². The van der Waals surface area contributed by atoms with Crippen LogP contribution in [0.25, 0.3) is 11.0 Å². The van der Waals surface area contributed by atoms with Crippen LogP contribution in [0.1, 0.15) is 24.2 Å². The lowest BCUT2D eigenvalue weighted by atomic mass is 10.2. The van der Waals surface area contributed by atoms with Gasteiger partial charge in [0.1, 0.15) is 11.6 Å². The molecule has 0 N–H and O–H groups in total. The second-order valence-electron chi connectivity index (χ2n) is 8.12. The summed E-state index contributed by atoms with van der Waals surface area (Å²) < 4.78 is 8.33. The van der Waals surface area contributed by atoms with Crippen LogP contribution in [0.15, 0.2) is 48.5 Å². The van der Waals surface area contributed by atoms with Crippen LogP contribution in [-0.2, 0) is 13.1 Å². The SMILES string of the molecule is Cc1cccc(OCCCCn2c(CN3CCN(C)CC3)nc3ccccc32)c1. The van der Waals surface area contributed by atoms with Crippen molar-refractivity contribution < 1.29 is 4.74 Å². The van der Waals surface area contributed by atoms with Crippen LogP contribution in [-0.4, -0.2) is 59.2 Å².